The molecule has 1 atom stereocenters. The van der Waals surface area contributed by atoms with Gasteiger partial charge < -0.3 is 14.1 Å². The van der Waals surface area contributed by atoms with Crippen molar-refractivity contribution in [2.45, 2.75) is 32.6 Å². The average molecular weight is 311 g/mol. The summed E-state index contributed by atoms with van der Waals surface area (Å²) in [6.45, 7) is 6.10. The first-order valence-electron chi connectivity index (χ1n) is 8.24. The van der Waals surface area contributed by atoms with Crippen molar-refractivity contribution in [3.8, 4) is 5.75 Å². The molecule has 0 bridgehead atoms. The lowest BCUT2D eigenvalue weighted by atomic mass is 9.96. The summed E-state index contributed by atoms with van der Waals surface area (Å²) in [6, 6.07) is 8.33. The predicted molar refractivity (Wildman–Crippen MR) is 87.1 cm³/mol. The molecule has 4 rings (SSSR count). The van der Waals surface area contributed by atoms with Crippen molar-refractivity contribution < 1.29 is 13.9 Å². The van der Waals surface area contributed by atoms with Crippen LogP contribution in [0.4, 0.5) is 0 Å². The van der Waals surface area contributed by atoms with Gasteiger partial charge in [0.25, 0.3) is 5.91 Å². The Hall–Kier alpha value is -2.23. The minimum absolute atomic E-state index is 0.0892. The minimum Gasteiger partial charge on any atom is -0.493 e. The number of furan rings is 1. The Morgan fingerprint density at radius 3 is 2.91 bits per heavy atom. The third kappa shape index (κ3) is 2.52. The van der Waals surface area contributed by atoms with Crippen LogP contribution < -0.4 is 4.74 Å². The second kappa shape index (κ2) is 5.44. The predicted octanol–water partition coefficient (Wildman–Crippen LogP) is 3.46. The van der Waals surface area contributed by atoms with Crippen LogP contribution in [0, 0.1) is 13.8 Å². The number of likely N-dealkylation sites (tertiary alicyclic amines) is 1. The average Bonchev–Trinajstić information content (AvgIpc) is 3.24. The van der Waals surface area contributed by atoms with Crippen molar-refractivity contribution in [1.82, 2.24) is 4.90 Å². The SMILES string of the molecule is Cc1cc(C(=O)N2CC[C@@H](c3ccc4c(c3)CCO4)C2)c(C)o1. The summed E-state index contributed by atoms with van der Waals surface area (Å²) >= 11 is 0. The van der Waals surface area contributed by atoms with Crippen LogP contribution >= 0.6 is 0 Å². The minimum atomic E-state index is 0.0892. The van der Waals surface area contributed by atoms with Gasteiger partial charge >= 0.3 is 0 Å². The van der Waals surface area contributed by atoms with Gasteiger partial charge in [-0.3, -0.25) is 4.79 Å². The molecule has 1 aromatic heterocycles. The highest BCUT2D eigenvalue weighted by Crippen LogP contribution is 2.33. The summed E-state index contributed by atoms with van der Waals surface area (Å²) in [5.41, 5.74) is 3.32. The van der Waals surface area contributed by atoms with Crippen molar-refractivity contribution in [2.75, 3.05) is 19.7 Å². The van der Waals surface area contributed by atoms with Crippen LogP contribution in [0.3, 0.4) is 0 Å². The highest BCUT2D eigenvalue weighted by molar-refractivity contribution is 5.95. The molecule has 2 aliphatic heterocycles. The van der Waals surface area contributed by atoms with Crippen molar-refractivity contribution in [3.63, 3.8) is 0 Å². The fourth-order valence-corrected chi connectivity index (χ4v) is 3.69. The molecule has 2 aliphatic rings. The summed E-state index contributed by atoms with van der Waals surface area (Å²) in [6.07, 6.45) is 2.01. The van der Waals surface area contributed by atoms with Crippen molar-refractivity contribution in [1.29, 1.82) is 0 Å². The van der Waals surface area contributed by atoms with E-state index < -0.39 is 0 Å². The molecule has 4 heteroatoms. The van der Waals surface area contributed by atoms with Gasteiger partial charge in [0.1, 0.15) is 17.3 Å². The normalized spacial score (nSPS) is 19.7. The quantitative estimate of drug-likeness (QED) is 0.853. The highest BCUT2D eigenvalue weighted by atomic mass is 16.5. The third-order valence-corrected chi connectivity index (χ3v) is 4.93. The van der Waals surface area contributed by atoms with E-state index in [-0.39, 0.29) is 5.91 Å². The monoisotopic (exact) mass is 311 g/mol. The first kappa shape index (κ1) is 14.4. The number of carbonyl (C=O) groups excluding carboxylic acids is 1. The Kier molecular flexibility index (Phi) is 3.40. The van der Waals surface area contributed by atoms with Gasteiger partial charge in [0, 0.05) is 25.4 Å². The molecule has 1 saturated heterocycles. The van der Waals surface area contributed by atoms with E-state index in [2.05, 4.69) is 18.2 Å². The van der Waals surface area contributed by atoms with E-state index in [0.717, 1.165) is 44.0 Å². The molecule has 4 nitrogen and oxygen atoms in total. The largest absolute Gasteiger partial charge is 0.493 e. The van der Waals surface area contributed by atoms with Crippen LogP contribution in [-0.2, 0) is 6.42 Å². The number of fused-ring (bicyclic) bond motifs is 1. The van der Waals surface area contributed by atoms with Gasteiger partial charge in [-0.25, -0.2) is 0 Å². The lowest BCUT2D eigenvalue weighted by Crippen LogP contribution is -2.28. The zero-order valence-electron chi connectivity index (χ0n) is 13.6. The van der Waals surface area contributed by atoms with Crippen molar-refractivity contribution in [2.24, 2.45) is 0 Å². The molecule has 1 aromatic carbocycles. The van der Waals surface area contributed by atoms with Crippen molar-refractivity contribution in [3.05, 3.63) is 52.5 Å². The number of aryl methyl sites for hydroxylation is 2. The zero-order chi connectivity index (χ0) is 16.0. The highest BCUT2D eigenvalue weighted by Gasteiger charge is 2.30. The van der Waals surface area contributed by atoms with Crippen LogP contribution in [0.1, 0.15) is 45.3 Å². The molecule has 3 heterocycles. The summed E-state index contributed by atoms with van der Waals surface area (Å²) in [4.78, 5) is 14.6. The second-order valence-corrected chi connectivity index (χ2v) is 6.53. The van der Waals surface area contributed by atoms with Gasteiger partial charge in [0.2, 0.25) is 0 Å². The topological polar surface area (TPSA) is 42.7 Å². The smallest absolute Gasteiger partial charge is 0.257 e. The first-order chi connectivity index (χ1) is 11.1. The number of benzene rings is 1. The molecule has 1 amide bonds. The van der Waals surface area contributed by atoms with Gasteiger partial charge in [-0.15, -0.1) is 0 Å². The van der Waals surface area contributed by atoms with Crippen LogP contribution in [0.2, 0.25) is 0 Å². The molecular formula is C19H21NO3. The molecule has 0 N–H and O–H groups in total. The van der Waals surface area contributed by atoms with Gasteiger partial charge in [-0.2, -0.15) is 0 Å². The molecule has 0 radical (unpaired) electrons. The molecule has 0 unspecified atom stereocenters. The number of ether oxygens (including phenoxy) is 1. The van der Waals surface area contributed by atoms with E-state index in [1.54, 1.807) is 0 Å². The van der Waals surface area contributed by atoms with Gasteiger partial charge in [0.15, 0.2) is 0 Å². The molecule has 120 valence electrons. The number of nitrogens with zero attached hydrogens (tertiary/aromatic N) is 1. The summed E-state index contributed by atoms with van der Waals surface area (Å²) in [7, 11) is 0. The van der Waals surface area contributed by atoms with Crippen LogP contribution in [-0.4, -0.2) is 30.5 Å². The number of carbonyl (C=O) groups is 1. The summed E-state index contributed by atoms with van der Waals surface area (Å²) in [5, 5.41) is 0. The fourth-order valence-electron chi connectivity index (χ4n) is 3.69. The Morgan fingerprint density at radius 1 is 1.26 bits per heavy atom. The lowest BCUT2D eigenvalue weighted by Gasteiger charge is -2.16. The molecule has 0 spiro atoms. The van der Waals surface area contributed by atoms with E-state index in [1.807, 2.05) is 24.8 Å². The standard InChI is InChI=1S/C19H21NO3/c1-12-9-17(13(2)23-12)19(21)20-7-5-16(11-20)14-3-4-18-15(10-14)6-8-22-18/h3-4,9-10,16H,5-8,11H2,1-2H3/t16-/m1/s1. The molecule has 1 fully saturated rings. The van der Waals surface area contributed by atoms with Gasteiger partial charge in [-0.05, 0) is 43.5 Å². The second-order valence-electron chi connectivity index (χ2n) is 6.53. The maximum atomic E-state index is 12.7. The molecule has 0 aliphatic carbocycles. The maximum Gasteiger partial charge on any atom is 0.257 e. The Morgan fingerprint density at radius 2 is 2.13 bits per heavy atom. The first-order valence-corrected chi connectivity index (χ1v) is 8.24. The number of hydrogen-bond acceptors (Lipinski definition) is 3. The van der Waals surface area contributed by atoms with E-state index in [0.29, 0.717) is 17.2 Å². The summed E-state index contributed by atoms with van der Waals surface area (Å²) < 4.78 is 11.1. The van der Waals surface area contributed by atoms with E-state index in [1.165, 1.54) is 11.1 Å². The van der Waals surface area contributed by atoms with Crippen LogP contribution in [0.25, 0.3) is 0 Å². The molecule has 23 heavy (non-hydrogen) atoms. The van der Waals surface area contributed by atoms with Gasteiger partial charge in [0.05, 0.1) is 12.2 Å². The number of amides is 1. The third-order valence-electron chi connectivity index (χ3n) is 4.93. The van der Waals surface area contributed by atoms with Gasteiger partial charge in [-0.1, -0.05) is 12.1 Å². The van der Waals surface area contributed by atoms with Crippen molar-refractivity contribution >= 4 is 5.91 Å². The maximum absolute atomic E-state index is 12.7. The van der Waals surface area contributed by atoms with Crippen LogP contribution in [0.15, 0.2) is 28.7 Å². The van der Waals surface area contributed by atoms with E-state index in [4.69, 9.17) is 9.15 Å². The lowest BCUT2D eigenvalue weighted by molar-refractivity contribution is 0.0789. The summed E-state index contributed by atoms with van der Waals surface area (Å²) in [5.74, 6) is 3.03. The zero-order valence-corrected chi connectivity index (χ0v) is 13.6. The Balaban J connectivity index is 1.51. The molecular weight excluding hydrogens is 290 g/mol. The van der Waals surface area contributed by atoms with Crippen LogP contribution in [0.5, 0.6) is 5.75 Å². The number of rotatable bonds is 2. The van der Waals surface area contributed by atoms with E-state index >= 15 is 0 Å². The fraction of sp³-hybridized carbons (Fsp3) is 0.421. The Bertz CT molecular complexity index is 762. The number of hydrogen-bond donors (Lipinski definition) is 0. The van der Waals surface area contributed by atoms with E-state index in [9.17, 15) is 4.79 Å². The molecule has 2 aromatic rings. The Labute approximate surface area is 136 Å². The molecule has 0 saturated carbocycles.